The molecule has 0 aliphatic heterocycles. The summed E-state index contributed by atoms with van der Waals surface area (Å²) in [5.41, 5.74) is 1.69. The number of hydrogen-bond donors (Lipinski definition) is 2. The van der Waals surface area contributed by atoms with Crippen LogP contribution in [0, 0.1) is 5.41 Å². The van der Waals surface area contributed by atoms with Gasteiger partial charge in [-0.05, 0) is 74.1 Å². The van der Waals surface area contributed by atoms with Gasteiger partial charge in [-0.2, -0.15) is 0 Å². The Morgan fingerprint density at radius 2 is 1.92 bits per heavy atom. The van der Waals surface area contributed by atoms with Gasteiger partial charge in [0.25, 0.3) is 0 Å². The molecule has 0 fully saturated rings. The van der Waals surface area contributed by atoms with E-state index in [0.29, 0.717) is 12.3 Å². The highest BCUT2D eigenvalue weighted by Gasteiger charge is 2.46. The second kappa shape index (κ2) is 7.01. The molecular weight excluding hydrogens is 330 g/mol. The van der Waals surface area contributed by atoms with Gasteiger partial charge in [-0.3, -0.25) is 0 Å². The Hall–Kier alpha value is -1.91. The van der Waals surface area contributed by atoms with E-state index in [4.69, 9.17) is 9.47 Å². The van der Waals surface area contributed by atoms with Gasteiger partial charge in [-0.15, -0.1) is 0 Å². The number of phenols is 1. The topological polar surface area (TPSA) is 67.8 Å². The van der Waals surface area contributed by atoms with Gasteiger partial charge in [-0.1, -0.05) is 20.8 Å². The number of ether oxygens (including phenoxy) is 2. The standard InChI is InChI=1S/C21H33NO4/c1-19(2,3)26-18(24)22-11-10-21(6)15-13-16(23)17(25-7)12-14(15)8-9-20(21,4)5/h12-13,23H,8-11H2,1-7H3,(H,22,24). The summed E-state index contributed by atoms with van der Waals surface area (Å²) >= 11 is 0. The molecule has 5 heteroatoms. The number of alkyl carbamates (subject to hydrolysis) is 1. The fourth-order valence-electron chi connectivity index (χ4n) is 3.78. The van der Waals surface area contributed by atoms with Crippen LogP contribution in [0.25, 0.3) is 0 Å². The van der Waals surface area contributed by atoms with Gasteiger partial charge in [-0.25, -0.2) is 4.79 Å². The summed E-state index contributed by atoms with van der Waals surface area (Å²) in [6, 6.07) is 3.78. The van der Waals surface area contributed by atoms with E-state index >= 15 is 0 Å². The van der Waals surface area contributed by atoms with E-state index < -0.39 is 11.7 Å². The normalized spacial score (nSPS) is 21.7. The van der Waals surface area contributed by atoms with E-state index in [0.717, 1.165) is 24.8 Å². The lowest BCUT2D eigenvalue weighted by atomic mass is 9.55. The van der Waals surface area contributed by atoms with Crippen molar-refractivity contribution in [3.05, 3.63) is 23.3 Å². The minimum Gasteiger partial charge on any atom is -0.504 e. The highest BCUT2D eigenvalue weighted by Crippen LogP contribution is 2.53. The molecule has 0 bridgehead atoms. The number of nitrogens with one attached hydrogen (secondary N) is 1. The van der Waals surface area contributed by atoms with E-state index in [2.05, 4.69) is 26.1 Å². The zero-order valence-electron chi connectivity index (χ0n) is 17.2. The molecule has 5 nitrogen and oxygen atoms in total. The quantitative estimate of drug-likeness (QED) is 0.824. The van der Waals surface area contributed by atoms with Crippen molar-refractivity contribution in [2.24, 2.45) is 5.41 Å². The number of carbonyl (C=O) groups is 1. The van der Waals surface area contributed by atoms with Crippen molar-refractivity contribution < 1.29 is 19.4 Å². The van der Waals surface area contributed by atoms with Crippen LogP contribution < -0.4 is 10.1 Å². The van der Waals surface area contributed by atoms with Crippen LogP contribution in [-0.4, -0.2) is 30.5 Å². The lowest BCUT2D eigenvalue weighted by Gasteiger charge is -2.49. The van der Waals surface area contributed by atoms with Gasteiger partial charge in [0.1, 0.15) is 5.60 Å². The molecule has 26 heavy (non-hydrogen) atoms. The summed E-state index contributed by atoms with van der Waals surface area (Å²) in [6.45, 7) is 12.8. The summed E-state index contributed by atoms with van der Waals surface area (Å²) in [5, 5.41) is 13.2. The molecule has 1 aliphatic rings. The molecule has 0 saturated heterocycles. The third-order valence-electron chi connectivity index (χ3n) is 5.81. The van der Waals surface area contributed by atoms with Crippen molar-refractivity contribution in [3.63, 3.8) is 0 Å². The van der Waals surface area contributed by atoms with E-state index in [1.807, 2.05) is 32.9 Å². The minimum absolute atomic E-state index is 0.0383. The van der Waals surface area contributed by atoms with Crippen LogP contribution in [0.4, 0.5) is 4.79 Å². The Kier molecular flexibility index (Phi) is 5.50. The summed E-state index contributed by atoms with van der Waals surface area (Å²) in [5.74, 6) is 0.674. The Bertz CT molecular complexity index is 675. The van der Waals surface area contributed by atoms with E-state index in [1.165, 1.54) is 5.56 Å². The largest absolute Gasteiger partial charge is 0.504 e. The first kappa shape index (κ1) is 20.4. The van der Waals surface area contributed by atoms with Crippen LogP contribution in [0.1, 0.15) is 65.5 Å². The summed E-state index contributed by atoms with van der Waals surface area (Å²) in [4.78, 5) is 12.0. The SMILES string of the molecule is COc1cc2c(cc1O)C(C)(CCNC(=O)OC(C)(C)C)C(C)(C)CC2. The first-order chi connectivity index (χ1) is 11.9. The van der Waals surface area contributed by atoms with Crippen molar-refractivity contribution in [3.8, 4) is 11.5 Å². The van der Waals surface area contributed by atoms with Crippen LogP contribution in [0.5, 0.6) is 11.5 Å². The van der Waals surface area contributed by atoms with Crippen molar-refractivity contribution in [2.75, 3.05) is 13.7 Å². The fraction of sp³-hybridized carbons (Fsp3) is 0.667. The predicted octanol–water partition coefficient (Wildman–Crippen LogP) is 4.55. The number of carbonyl (C=O) groups excluding carboxylic acids is 1. The maximum Gasteiger partial charge on any atom is 0.407 e. The number of phenolic OH excluding ortho intramolecular Hbond substituents is 1. The smallest absolute Gasteiger partial charge is 0.407 e. The minimum atomic E-state index is -0.507. The predicted molar refractivity (Wildman–Crippen MR) is 103 cm³/mol. The van der Waals surface area contributed by atoms with Gasteiger partial charge in [0.05, 0.1) is 7.11 Å². The molecule has 0 aromatic heterocycles. The first-order valence-electron chi connectivity index (χ1n) is 9.27. The van der Waals surface area contributed by atoms with Crippen molar-refractivity contribution in [2.45, 2.75) is 71.8 Å². The lowest BCUT2D eigenvalue weighted by Crippen LogP contribution is -2.46. The number of aryl methyl sites for hydroxylation is 1. The molecule has 0 heterocycles. The van der Waals surface area contributed by atoms with Crippen LogP contribution in [0.2, 0.25) is 0 Å². The van der Waals surface area contributed by atoms with Gasteiger partial charge in [0.2, 0.25) is 0 Å². The molecule has 0 spiro atoms. The average Bonchev–Trinajstić information content (AvgIpc) is 2.50. The van der Waals surface area contributed by atoms with E-state index in [1.54, 1.807) is 7.11 Å². The number of hydrogen-bond acceptors (Lipinski definition) is 4. The number of amides is 1. The molecule has 1 atom stereocenters. The lowest BCUT2D eigenvalue weighted by molar-refractivity contribution is 0.0512. The third-order valence-corrected chi connectivity index (χ3v) is 5.81. The number of aromatic hydroxyl groups is 1. The average molecular weight is 363 g/mol. The van der Waals surface area contributed by atoms with Crippen molar-refractivity contribution in [1.82, 2.24) is 5.32 Å². The highest BCUT2D eigenvalue weighted by atomic mass is 16.6. The number of methoxy groups -OCH3 is 1. The Labute approximate surface area is 157 Å². The van der Waals surface area contributed by atoms with Gasteiger partial charge >= 0.3 is 6.09 Å². The summed E-state index contributed by atoms with van der Waals surface area (Å²) in [7, 11) is 1.57. The molecule has 146 valence electrons. The molecule has 2 N–H and O–H groups in total. The molecule has 1 amide bonds. The Balaban J connectivity index is 2.22. The Morgan fingerprint density at radius 3 is 2.50 bits per heavy atom. The maximum absolute atomic E-state index is 12.0. The zero-order valence-corrected chi connectivity index (χ0v) is 17.2. The molecule has 1 aliphatic carbocycles. The van der Waals surface area contributed by atoms with Crippen LogP contribution >= 0.6 is 0 Å². The molecule has 1 aromatic rings. The van der Waals surface area contributed by atoms with Crippen molar-refractivity contribution in [1.29, 1.82) is 0 Å². The van der Waals surface area contributed by atoms with Crippen LogP contribution in [0.3, 0.4) is 0 Å². The monoisotopic (exact) mass is 363 g/mol. The molecular formula is C21H33NO4. The summed E-state index contributed by atoms with van der Waals surface area (Å²) < 4.78 is 10.6. The fourth-order valence-corrected chi connectivity index (χ4v) is 3.78. The molecule has 0 radical (unpaired) electrons. The summed E-state index contributed by atoms with van der Waals surface area (Å²) in [6.07, 6.45) is 2.36. The number of benzene rings is 1. The van der Waals surface area contributed by atoms with Crippen LogP contribution in [0.15, 0.2) is 12.1 Å². The second-order valence-corrected chi connectivity index (χ2v) is 9.08. The molecule has 1 aromatic carbocycles. The molecule has 1 unspecified atom stereocenters. The zero-order chi connectivity index (χ0) is 19.8. The van der Waals surface area contributed by atoms with E-state index in [-0.39, 0.29) is 16.6 Å². The molecule has 2 rings (SSSR count). The number of rotatable bonds is 4. The number of fused-ring (bicyclic) bond motifs is 1. The first-order valence-corrected chi connectivity index (χ1v) is 9.27. The van der Waals surface area contributed by atoms with Gasteiger partial charge in [0.15, 0.2) is 11.5 Å². The van der Waals surface area contributed by atoms with E-state index in [9.17, 15) is 9.90 Å². The second-order valence-electron chi connectivity index (χ2n) is 9.08. The van der Waals surface area contributed by atoms with Crippen LogP contribution in [-0.2, 0) is 16.6 Å². The highest BCUT2D eigenvalue weighted by molar-refractivity contribution is 5.67. The molecule has 0 saturated carbocycles. The van der Waals surface area contributed by atoms with Gasteiger partial charge in [0, 0.05) is 6.54 Å². The van der Waals surface area contributed by atoms with Crippen molar-refractivity contribution >= 4 is 6.09 Å². The maximum atomic E-state index is 12.0. The Morgan fingerprint density at radius 1 is 1.27 bits per heavy atom. The van der Waals surface area contributed by atoms with Gasteiger partial charge < -0.3 is 19.9 Å². The third kappa shape index (κ3) is 4.08.